The zero-order valence-electron chi connectivity index (χ0n) is 38.9. The molecule has 0 spiro atoms. The van der Waals surface area contributed by atoms with Crippen molar-refractivity contribution in [3.8, 4) is 56.7 Å². The van der Waals surface area contributed by atoms with Gasteiger partial charge in [0.1, 0.15) is 0 Å². The molecular weight excluding hydrogens is 875 g/mol. The van der Waals surface area contributed by atoms with E-state index in [0.29, 0.717) is 17.5 Å². The Hall–Kier alpha value is -9.71. The summed E-state index contributed by atoms with van der Waals surface area (Å²) in [7, 11) is 0. The molecule has 15 rings (SSSR count). The van der Waals surface area contributed by atoms with E-state index in [1.165, 1.54) is 65.1 Å². The Morgan fingerprint density at radius 1 is 0.236 bits per heavy atom. The highest BCUT2D eigenvalue weighted by atomic mass is 15.0. The second kappa shape index (κ2) is 15.9. The lowest BCUT2D eigenvalue weighted by molar-refractivity contribution is 1.07. The zero-order chi connectivity index (χ0) is 47.3. The molecule has 0 aliphatic rings. The average molecular weight is 916 g/mol. The molecule has 0 bridgehead atoms. The minimum Gasteiger partial charge on any atom is -0.309 e. The van der Waals surface area contributed by atoms with Crippen LogP contribution >= 0.6 is 0 Å². The largest absolute Gasteiger partial charge is 0.309 e. The van der Waals surface area contributed by atoms with Gasteiger partial charge in [-0.15, -0.1) is 0 Å². The fraction of sp³-hybridized carbons (Fsp3) is 0. The summed E-state index contributed by atoms with van der Waals surface area (Å²) in [6, 6.07) is 89.5. The highest BCUT2D eigenvalue weighted by Crippen LogP contribution is 2.45. The number of aromatic nitrogens is 5. The van der Waals surface area contributed by atoms with Crippen molar-refractivity contribution < 1.29 is 0 Å². The molecule has 5 heteroatoms. The molecule has 0 saturated carbocycles. The Bertz CT molecular complexity index is 4610. The van der Waals surface area contributed by atoms with Crippen molar-refractivity contribution in [2.24, 2.45) is 0 Å². The van der Waals surface area contributed by atoms with Crippen molar-refractivity contribution in [1.82, 2.24) is 24.1 Å². The van der Waals surface area contributed by atoms with Gasteiger partial charge < -0.3 is 9.13 Å². The third kappa shape index (κ3) is 6.17. The molecule has 3 heterocycles. The van der Waals surface area contributed by atoms with Gasteiger partial charge in [-0.3, -0.25) is 0 Å². The zero-order valence-corrected chi connectivity index (χ0v) is 38.9. The highest BCUT2D eigenvalue weighted by molar-refractivity contribution is 6.29. The lowest BCUT2D eigenvalue weighted by atomic mass is 9.91. The number of benzene rings is 12. The summed E-state index contributed by atoms with van der Waals surface area (Å²) in [5, 5.41) is 14.2. The molecule has 334 valence electrons. The molecule has 0 saturated heterocycles. The third-order valence-corrected chi connectivity index (χ3v) is 14.7. The van der Waals surface area contributed by atoms with Crippen molar-refractivity contribution in [1.29, 1.82) is 0 Å². The van der Waals surface area contributed by atoms with Crippen LogP contribution < -0.4 is 0 Å². The molecule has 0 unspecified atom stereocenters. The van der Waals surface area contributed by atoms with Crippen LogP contribution in [0.1, 0.15) is 0 Å². The lowest BCUT2D eigenvalue weighted by Gasteiger charge is -2.18. The number of fused-ring (bicyclic) bond motifs is 14. The van der Waals surface area contributed by atoms with Crippen molar-refractivity contribution in [2.75, 3.05) is 0 Å². The van der Waals surface area contributed by atoms with Gasteiger partial charge in [-0.05, 0) is 109 Å². The van der Waals surface area contributed by atoms with E-state index in [0.717, 1.165) is 60.8 Å². The molecule has 3 aromatic heterocycles. The number of rotatable bonds is 6. The van der Waals surface area contributed by atoms with Crippen LogP contribution in [-0.4, -0.2) is 24.1 Å². The van der Waals surface area contributed by atoms with Crippen molar-refractivity contribution in [3.63, 3.8) is 0 Å². The molecule has 12 aromatic carbocycles. The van der Waals surface area contributed by atoms with E-state index in [9.17, 15) is 0 Å². The summed E-state index contributed by atoms with van der Waals surface area (Å²) in [5.74, 6) is 1.87. The van der Waals surface area contributed by atoms with Gasteiger partial charge in [-0.2, -0.15) is 0 Å². The normalized spacial score (nSPS) is 11.9. The molecule has 0 N–H and O–H groups in total. The van der Waals surface area contributed by atoms with Crippen LogP contribution in [0.5, 0.6) is 0 Å². The maximum Gasteiger partial charge on any atom is 0.164 e. The first kappa shape index (κ1) is 40.2. The summed E-state index contributed by atoms with van der Waals surface area (Å²) in [5.41, 5.74) is 11.9. The van der Waals surface area contributed by atoms with Crippen molar-refractivity contribution in [2.45, 2.75) is 0 Å². The van der Waals surface area contributed by atoms with Crippen LogP contribution in [0.3, 0.4) is 0 Å². The monoisotopic (exact) mass is 915 g/mol. The Morgan fingerprint density at radius 3 is 1.39 bits per heavy atom. The van der Waals surface area contributed by atoms with E-state index in [1.807, 2.05) is 36.4 Å². The first-order valence-corrected chi connectivity index (χ1v) is 24.5. The van der Waals surface area contributed by atoms with Crippen LogP contribution in [0.15, 0.2) is 249 Å². The smallest absolute Gasteiger partial charge is 0.164 e. The molecule has 0 aliphatic heterocycles. The van der Waals surface area contributed by atoms with Gasteiger partial charge in [-0.1, -0.05) is 188 Å². The van der Waals surface area contributed by atoms with Gasteiger partial charge in [-0.25, -0.2) is 15.0 Å². The quantitative estimate of drug-likeness (QED) is 0.156. The van der Waals surface area contributed by atoms with Gasteiger partial charge in [0.2, 0.25) is 0 Å². The molecule has 0 aliphatic carbocycles. The standard InChI is InChI=1S/C67H41N5/c1-4-19-43(20-5-1)65-68-66(44-21-6-2-7-22-44)70-67(69-65)58-41-48(40-56-52-28-13-12-26-50(52)51-27-14-15-30-54(51)63(56)58)72-61-36-34-46(39-57(61)64-49-25-11-10-18-42(49)32-37-62(64)72)45-33-35-60-55(38-45)53-29-16-17-31-59(53)71(60)47-23-8-3-9-24-47/h1-41H. The van der Waals surface area contributed by atoms with E-state index in [2.05, 4.69) is 221 Å². The molecule has 5 nitrogen and oxygen atoms in total. The molecule has 72 heavy (non-hydrogen) atoms. The van der Waals surface area contributed by atoms with Crippen molar-refractivity contribution >= 4 is 86.7 Å². The van der Waals surface area contributed by atoms with Crippen LogP contribution in [0.2, 0.25) is 0 Å². The fourth-order valence-corrected chi connectivity index (χ4v) is 11.5. The van der Waals surface area contributed by atoms with E-state index in [1.54, 1.807) is 0 Å². The topological polar surface area (TPSA) is 48.5 Å². The molecule has 0 amide bonds. The summed E-state index contributed by atoms with van der Waals surface area (Å²) in [4.78, 5) is 15.9. The minimum atomic E-state index is 0.618. The van der Waals surface area contributed by atoms with Gasteiger partial charge in [0.15, 0.2) is 17.5 Å². The SMILES string of the molecule is c1ccc(-c2nc(-c3ccccc3)nc(-c3cc(-n4c5ccc(-c6ccc7c(c6)c6ccccc6n7-c6ccccc6)cc5c5c6ccccc6ccc54)cc4c5ccccc5c5ccccc5c34)n2)cc1. The van der Waals surface area contributed by atoms with Gasteiger partial charge >= 0.3 is 0 Å². The van der Waals surface area contributed by atoms with E-state index in [4.69, 9.17) is 15.0 Å². The predicted molar refractivity (Wildman–Crippen MR) is 300 cm³/mol. The Morgan fingerprint density at radius 2 is 0.708 bits per heavy atom. The molecule has 0 atom stereocenters. The Labute approximate surface area is 414 Å². The number of para-hydroxylation sites is 2. The van der Waals surface area contributed by atoms with Crippen LogP contribution in [0.4, 0.5) is 0 Å². The van der Waals surface area contributed by atoms with Gasteiger partial charge in [0.05, 0.1) is 22.1 Å². The summed E-state index contributed by atoms with van der Waals surface area (Å²) in [6.45, 7) is 0. The minimum absolute atomic E-state index is 0.618. The van der Waals surface area contributed by atoms with Gasteiger partial charge in [0, 0.05) is 55.0 Å². The first-order chi connectivity index (χ1) is 35.7. The Balaban J connectivity index is 1.03. The molecule has 0 radical (unpaired) electrons. The molecule has 15 aromatic rings. The predicted octanol–water partition coefficient (Wildman–Crippen LogP) is 17.3. The fourth-order valence-electron chi connectivity index (χ4n) is 11.5. The van der Waals surface area contributed by atoms with E-state index < -0.39 is 0 Å². The maximum absolute atomic E-state index is 5.40. The van der Waals surface area contributed by atoms with E-state index >= 15 is 0 Å². The molecular formula is C67H41N5. The van der Waals surface area contributed by atoms with E-state index in [-0.39, 0.29) is 0 Å². The maximum atomic E-state index is 5.40. The molecule has 0 fully saturated rings. The third-order valence-electron chi connectivity index (χ3n) is 14.7. The summed E-state index contributed by atoms with van der Waals surface area (Å²) in [6.07, 6.45) is 0. The second-order valence-electron chi connectivity index (χ2n) is 18.7. The average Bonchev–Trinajstić information content (AvgIpc) is 3.98. The summed E-state index contributed by atoms with van der Waals surface area (Å²) < 4.78 is 4.84. The number of hydrogen-bond acceptors (Lipinski definition) is 3. The van der Waals surface area contributed by atoms with Crippen LogP contribution in [0.25, 0.3) is 143 Å². The summed E-state index contributed by atoms with van der Waals surface area (Å²) >= 11 is 0. The highest BCUT2D eigenvalue weighted by Gasteiger charge is 2.23. The van der Waals surface area contributed by atoms with Gasteiger partial charge in [0.25, 0.3) is 0 Å². The number of hydrogen-bond donors (Lipinski definition) is 0. The van der Waals surface area contributed by atoms with Crippen LogP contribution in [0, 0.1) is 0 Å². The van der Waals surface area contributed by atoms with Crippen LogP contribution in [-0.2, 0) is 0 Å². The number of nitrogens with zero attached hydrogens (tertiary/aromatic N) is 5. The Kier molecular flexibility index (Phi) is 8.89. The van der Waals surface area contributed by atoms with Crippen molar-refractivity contribution in [3.05, 3.63) is 249 Å². The lowest BCUT2D eigenvalue weighted by Crippen LogP contribution is -2.02. The first-order valence-electron chi connectivity index (χ1n) is 24.5. The second-order valence-corrected chi connectivity index (χ2v) is 18.7.